The quantitative estimate of drug-likeness (QED) is 0.860. The van der Waals surface area contributed by atoms with Gasteiger partial charge in [-0.25, -0.2) is 4.79 Å². The topological polar surface area (TPSA) is 54.4 Å². The molecular formula is C11H11BrO3. The van der Waals surface area contributed by atoms with Crippen LogP contribution < -0.4 is 0 Å². The maximum Gasteiger partial charge on any atom is 0.336 e. The Hall–Kier alpha value is -1.16. The molecule has 0 saturated carbocycles. The van der Waals surface area contributed by atoms with Crippen molar-refractivity contribution in [2.45, 2.75) is 18.7 Å². The van der Waals surface area contributed by atoms with E-state index in [0.717, 1.165) is 5.56 Å². The molecule has 0 radical (unpaired) electrons. The second-order valence-electron chi connectivity index (χ2n) is 3.37. The number of aryl methyl sites for hydroxylation is 1. The largest absolute Gasteiger partial charge is 0.478 e. The van der Waals surface area contributed by atoms with Crippen LogP contribution in [0.25, 0.3) is 0 Å². The maximum atomic E-state index is 11.2. The summed E-state index contributed by atoms with van der Waals surface area (Å²) in [5.74, 6) is -1.13. The molecule has 0 heterocycles. The highest BCUT2D eigenvalue weighted by Crippen LogP contribution is 2.27. The minimum absolute atomic E-state index is 0.108. The molecule has 0 spiro atoms. The number of aromatic carboxylic acids is 1. The number of carbonyl (C=O) groups excluding carboxylic acids is 1. The molecule has 4 heteroatoms. The van der Waals surface area contributed by atoms with Gasteiger partial charge in [-0.1, -0.05) is 33.6 Å². The standard InChI is InChI=1S/C11H11BrO3/c1-6-3-4-8(11(14)15)9(5-6)10(12)7(2)13/h3-5,10H,1-2H3,(H,14,15). The Kier molecular flexibility index (Phi) is 3.63. The van der Waals surface area contributed by atoms with Gasteiger partial charge in [0.25, 0.3) is 0 Å². The molecule has 1 unspecified atom stereocenters. The summed E-state index contributed by atoms with van der Waals surface area (Å²) >= 11 is 3.19. The molecular weight excluding hydrogens is 260 g/mol. The Morgan fingerprint density at radius 3 is 2.47 bits per heavy atom. The number of alkyl halides is 1. The molecule has 0 amide bonds. The highest BCUT2D eigenvalue weighted by atomic mass is 79.9. The number of carboxylic acid groups (broad SMARTS) is 1. The SMILES string of the molecule is CC(=O)C(Br)c1cc(C)ccc1C(=O)O. The van der Waals surface area contributed by atoms with Crippen LogP contribution >= 0.6 is 15.9 Å². The number of rotatable bonds is 3. The Balaban J connectivity index is 3.30. The lowest BCUT2D eigenvalue weighted by Crippen LogP contribution is -2.09. The van der Waals surface area contributed by atoms with E-state index in [0.29, 0.717) is 5.56 Å². The molecule has 80 valence electrons. The van der Waals surface area contributed by atoms with Crippen molar-refractivity contribution in [3.05, 3.63) is 34.9 Å². The number of ketones is 1. The third-order valence-electron chi connectivity index (χ3n) is 2.07. The summed E-state index contributed by atoms with van der Waals surface area (Å²) in [5.41, 5.74) is 1.60. The van der Waals surface area contributed by atoms with Crippen LogP contribution in [0.5, 0.6) is 0 Å². The zero-order valence-electron chi connectivity index (χ0n) is 8.45. The smallest absolute Gasteiger partial charge is 0.336 e. The van der Waals surface area contributed by atoms with E-state index in [-0.39, 0.29) is 11.3 Å². The summed E-state index contributed by atoms with van der Waals surface area (Å²) in [6, 6.07) is 4.95. The van der Waals surface area contributed by atoms with E-state index in [1.165, 1.54) is 13.0 Å². The molecule has 15 heavy (non-hydrogen) atoms. The van der Waals surface area contributed by atoms with E-state index in [1.54, 1.807) is 12.1 Å². The second-order valence-corrected chi connectivity index (χ2v) is 4.28. The number of carbonyl (C=O) groups is 2. The van der Waals surface area contributed by atoms with E-state index in [4.69, 9.17) is 5.11 Å². The van der Waals surface area contributed by atoms with Gasteiger partial charge in [-0.05, 0) is 25.5 Å². The summed E-state index contributed by atoms with van der Waals surface area (Å²) in [6.07, 6.45) is 0. The average Bonchev–Trinajstić information content (AvgIpc) is 2.15. The van der Waals surface area contributed by atoms with Gasteiger partial charge in [0.2, 0.25) is 0 Å². The van der Waals surface area contributed by atoms with Crippen LogP contribution in [0.1, 0.15) is 33.2 Å². The van der Waals surface area contributed by atoms with Crippen molar-refractivity contribution in [2.24, 2.45) is 0 Å². The minimum Gasteiger partial charge on any atom is -0.478 e. The first-order valence-corrected chi connectivity index (χ1v) is 5.33. The normalized spacial score (nSPS) is 12.2. The number of benzene rings is 1. The molecule has 0 bridgehead atoms. The van der Waals surface area contributed by atoms with Crippen LogP contribution in [0.4, 0.5) is 0 Å². The first-order valence-electron chi connectivity index (χ1n) is 4.42. The van der Waals surface area contributed by atoms with Crippen molar-refractivity contribution in [2.75, 3.05) is 0 Å². The van der Waals surface area contributed by atoms with Crippen LogP contribution in [0, 0.1) is 6.92 Å². The summed E-state index contributed by atoms with van der Waals surface area (Å²) in [4.78, 5) is 21.6. The van der Waals surface area contributed by atoms with Crippen LogP contribution in [-0.4, -0.2) is 16.9 Å². The first-order chi connectivity index (χ1) is 6.93. The lowest BCUT2D eigenvalue weighted by molar-refractivity contribution is -0.116. The van der Waals surface area contributed by atoms with E-state index < -0.39 is 10.8 Å². The zero-order valence-corrected chi connectivity index (χ0v) is 10.0. The third-order valence-corrected chi connectivity index (χ3v) is 3.21. The average molecular weight is 271 g/mol. The number of Topliss-reactive ketones (excluding diaryl/α,β-unsaturated/α-hetero) is 1. The maximum absolute atomic E-state index is 11.2. The highest BCUT2D eigenvalue weighted by Gasteiger charge is 2.19. The van der Waals surface area contributed by atoms with Crippen LogP contribution in [0.2, 0.25) is 0 Å². The fourth-order valence-electron chi connectivity index (χ4n) is 1.31. The Labute approximate surface area is 96.2 Å². The predicted molar refractivity (Wildman–Crippen MR) is 60.5 cm³/mol. The van der Waals surface area contributed by atoms with Crippen LogP contribution in [-0.2, 0) is 4.79 Å². The first kappa shape index (κ1) is 11.9. The Morgan fingerprint density at radius 2 is 2.00 bits per heavy atom. The third kappa shape index (κ3) is 2.65. The molecule has 3 nitrogen and oxygen atoms in total. The number of carboxylic acids is 1. The van der Waals surface area contributed by atoms with Gasteiger partial charge in [0.1, 0.15) is 5.78 Å². The summed E-state index contributed by atoms with van der Waals surface area (Å²) < 4.78 is 0. The molecule has 0 saturated heterocycles. The van der Waals surface area contributed by atoms with Gasteiger partial charge >= 0.3 is 5.97 Å². The second kappa shape index (κ2) is 4.57. The lowest BCUT2D eigenvalue weighted by atomic mass is 10.0. The number of hydrogen-bond donors (Lipinski definition) is 1. The van der Waals surface area contributed by atoms with E-state index in [9.17, 15) is 9.59 Å². The van der Waals surface area contributed by atoms with Gasteiger partial charge in [0.05, 0.1) is 10.4 Å². The highest BCUT2D eigenvalue weighted by molar-refractivity contribution is 9.09. The molecule has 1 rings (SSSR count). The van der Waals surface area contributed by atoms with Crippen molar-refractivity contribution in [1.29, 1.82) is 0 Å². The number of hydrogen-bond acceptors (Lipinski definition) is 2. The molecule has 0 aliphatic carbocycles. The van der Waals surface area contributed by atoms with Crippen LogP contribution in [0.3, 0.4) is 0 Å². The molecule has 0 aliphatic rings. The minimum atomic E-state index is -1.02. The summed E-state index contributed by atoms with van der Waals surface area (Å²) in [5, 5.41) is 8.96. The lowest BCUT2D eigenvalue weighted by Gasteiger charge is -2.10. The van der Waals surface area contributed by atoms with Gasteiger partial charge in [0, 0.05) is 0 Å². The molecule has 0 fully saturated rings. The van der Waals surface area contributed by atoms with Crippen molar-refractivity contribution in [3.63, 3.8) is 0 Å². The molecule has 1 atom stereocenters. The van der Waals surface area contributed by atoms with Gasteiger partial charge in [-0.2, -0.15) is 0 Å². The van der Waals surface area contributed by atoms with Gasteiger partial charge in [0.15, 0.2) is 0 Å². The summed E-state index contributed by atoms with van der Waals surface area (Å²) in [6.45, 7) is 3.28. The van der Waals surface area contributed by atoms with Gasteiger partial charge in [-0.15, -0.1) is 0 Å². The van der Waals surface area contributed by atoms with Gasteiger partial charge < -0.3 is 5.11 Å². The molecule has 0 aliphatic heterocycles. The van der Waals surface area contributed by atoms with Gasteiger partial charge in [-0.3, -0.25) is 4.79 Å². The van der Waals surface area contributed by atoms with Crippen molar-refractivity contribution in [3.8, 4) is 0 Å². The van der Waals surface area contributed by atoms with Crippen molar-refractivity contribution < 1.29 is 14.7 Å². The van der Waals surface area contributed by atoms with E-state index in [1.807, 2.05) is 6.92 Å². The zero-order chi connectivity index (χ0) is 11.6. The van der Waals surface area contributed by atoms with E-state index >= 15 is 0 Å². The number of halogens is 1. The molecule has 1 N–H and O–H groups in total. The molecule has 0 aromatic heterocycles. The van der Waals surface area contributed by atoms with E-state index in [2.05, 4.69) is 15.9 Å². The molecule has 1 aromatic rings. The molecule has 1 aromatic carbocycles. The predicted octanol–water partition coefficient (Wildman–Crippen LogP) is 2.72. The van der Waals surface area contributed by atoms with Crippen molar-refractivity contribution >= 4 is 27.7 Å². The van der Waals surface area contributed by atoms with Crippen LogP contribution in [0.15, 0.2) is 18.2 Å². The monoisotopic (exact) mass is 270 g/mol. The fourth-order valence-corrected chi connectivity index (χ4v) is 1.68. The Bertz CT molecular complexity index is 412. The Morgan fingerprint density at radius 1 is 1.40 bits per heavy atom. The fraction of sp³-hybridized carbons (Fsp3) is 0.273. The van der Waals surface area contributed by atoms with Crippen molar-refractivity contribution in [1.82, 2.24) is 0 Å². The summed E-state index contributed by atoms with van der Waals surface area (Å²) in [7, 11) is 0.